The zero-order valence-electron chi connectivity index (χ0n) is 9.15. The van der Waals surface area contributed by atoms with E-state index in [9.17, 15) is 4.39 Å². The molecule has 0 N–H and O–H groups in total. The minimum absolute atomic E-state index is 0.237. The summed E-state index contributed by atoms with van der Waals surface area (Å²) < 4.78 is 13.6. The second-order valence-corrected chi connectivity index (χ2v) is 3.63. The second-order valence-electron chi connectivity index (χ2n) is 3.63. The maximum atomic E-state index is 13.6. The maximum absolute atomic E-state index is 13.6. The Hall–Kier alpha value is -1.77. The maximum Gasteiger partial charge on any atom is 0.132 e. The monoisotopic (exact) mass is 216 g/mol. The first kappa shape index (κ1) is 10.7. The summed E-state index contributed by atoms with van der Waals surface area (Å²) in [6, 6.07) is 6.69. The highest BCUT2D eigenvalue weighted by Crippen LogP contribution is 2.23. The van der Waals surface area contributed by atoms with Crippen molar-refractivity contribution in [2.45, 2.75) is 19.8 Å². The van der Waals surface area contributed by atoms with Gasteiger partial charge in [-0.25, -0.2) is 14.4 Å². The van der Waals surface area contributed by atoms with E-state index in [1.54, 1.807) is 18.3 Å². The molecule has 1 aromatic carbocycles. The van der Waals surface area contributed by atoms with E-state index in [1.165, 1.54) is 12.4 Å². The van der Waals surface area contributed by atoms with Gasteiger partial charge in [-0.15, -0.1) is 0 Å². The first-order chi connectivity index (χ1) is 7.83. The molecule has 0 radical (unpaired) electrons. The van der Waals surface area contributed by atoms with Crippen molar-refractivity contribution in [1.82, 2.24) is 9.97 Å². The van der Waals surface area contributed by atoms with E-state index in [1.807, 2.05) is 6.07 Å². The van der Waals surface area contributed by atoms with Gasteiger partial charge in [0.2, 0.25) is 0 Å². The van der Waals surface area contributed by atoms with E-state index in [0.29, 0.717) is 11.3 Å². The summed E-state index contributed by atoms with van der Waals surface area (Å²) in [5.74, 6) is -0.237. The molecule has 0 saturated heterocycles. The van der Waals surface area contributed by atoms with Crippen LogP contribution in [-0.4, -0.2) is 9.97 Å². The largest absolute Gasteiger partial charge is 0.244 e. The topological polar surface area (TPSA) is 25.8 Å². The molecule has 3 heteroatoms. The fourth-order valence-corrected chi connectivity index (χ4v) is 1.71. The number of halogens is 1. The molecule has 2 rings (SSSR count). The molecule has 0 aliphatic heterocycles. The highest BCUT2D eigenvalue weighted by Gasteiger charge is 2.09. The van der Waals surface area contributed by atoms with Crippen LogP contribution in [0.1, 0.15) is 18.9 Å². The zero-order chi connectivity index (χ0) is 11.4. The van der Waals surface area contributed by atoms with Crippen molar-refractivity contribution in [2.24, 2.45) is 0 Å². The number of aryl methyl sites for hydroxylation is 1. The molecule has 0 unspecified atom stereocenters. The van der Waals surface area contributed by atoms with Crippen LogP contribution in [0.2, 0.25) is 0 Å². The van der Waals surface area contributed by atoms with Gasteiger partial charge in [-0.05, 0) is 24.1 Å². The minimum atomic E-state index is -0.237. The van der Waals surface area contributed by atoms with Gasteiger partial charge in [0.1, 0.15) is 12.1 Å². The molecule has 82 valence electrons. The van der Waals surface area contributed by atoms with Gasteiger partial charge in [0.15, 0.2) is 0 Å². The Labute approximate surface area is 94.2 Å². The normalized spacial score (nSPS) is 10.4. The lowest BCUT2D eigenvalue weighted by atomic mass is 10.0. The molecule has 1 heterocycles. The van der Waals surface area contributed by atoms with Crippen LogP contribution in [0.25, 0.3) is 11.3 Å². The van der Waals surface area contributed by atoms with Crippen LogP contribution >= 0.6 is 0 Å². The molecular weight excluding hydrogens is 203 g/mol. The van der Waals surface area contributed by atoms with Crippen LogP contribution in [0.15, 0.2) is 36.8 Å². The Morgan fingerprint density at radius 3 is 2.81 bits per heavy atom. The number of nitrogens with zero attached hydrogens (tertiary/aromatic N) is 2. The van der Waals surface area contributed by atoms with Gasteiger partial charge < -0.3 is 0 Å². The summed E-state index contributed by atoms with van der Waals surface area (Å²) in [6.07, 6.45) is 5.08. The van der Waals surface area contributed by atoms with Crippen molar-refractivity contribution in [3.63, 3.8) is 0 Å². The molecule has 0 spiro atoms. The second kappa shape index (κ2) is 4.84. The molecule has 0 atom stereocenters. The lowest BCUT2D eigenvalue weighted by Gasteiger charge is -2.07. The van der Waals surface area contributed by atoms with Crippen LogP contribution in [0.4, 0.5) is 4.39 Å². The van der Waals surface area contributed by atoms with Gasteiger partial charge >= 0.3 is 0 Å². The summed E-state index contributed by atoms with van der Waals surface area (Å²) >= 11 is 0. The Morgan fingerprint density at radius 1 is 1.25 bits per heavy atom. The fraction of sp³-hybridized carbons (Fsp3) is 0.231. The third-order valence-electron chi connectivity index (χ3n) is 2.44. The summed E-state index contributed by atoms with van der Waals surface area (Å²) in [6.45, 7) is 2.08. The number of rotatable bonds is 3. The predicted molar refractivity (Wildman–Crippen MR) is 61.4 cm³/mol. The van der Waals surface area contributed by atoms with Gasteiger partial charge in [-0.3, -0.25) is 0 Å². The summed E-state index contributed by atoms with van der Waals surface area (Å²) in [5.41, 5.74) is 2.25. The minimum Gasteiger partial charge on any atom is -0.244 e. The number of aromatic nitrogens is 2. The number of hydrogen-bond acceptors (Lipinski definition) is 2. The average Bonchev–Trinajstić information content (AvgIpc) is 2.31. The highest BCUT2D eigenvalue weighted by atomic mass is 19.1. The van der Waals surface area contributed by atoms with Gasteiger partial charge in [-0.1, -0.05) is 25.5 Å². The molecule has 1 aromatic heterocycles. The number of benzene rings is 1. The zero-order valence-corrected chi connectivity index (χ0v) is 9.15. The van der Waals surface area contributed by atoms with Crippen molar-refractivity contribution in [1.29, 1.82) is 0 Å². The molecule has 0 aliphatic carbocycles. The lowest BCUT2D eigenvalue weighted by molar-refractivity contribution is 0.630. The summed E-state index contributed by atoms with van der Waals surface area (Å²) in [4.78, 5) is 8.16. The molecular formula is C13H13FN2. The molecule has 0 saturated carbocycles. The van der Waals surface area contributed by atoms with Crippen LogP contribution in [0.3, 0.4) is 0 Å². The first-order valence-electron chi connectivity index (χ1n) is 5.36. The Morgan fingerprint density at radius 2 is 2.06 bits per heavy atom. The van der Waals surface area contributed by atoms with E-state index in [4.69, 9.17) is 0 Å². The van der Waals surface area contributed by atoms with E-state index in [-0.39, 0.29) is 5.82 Å². The van der Waals surface area contributed by atoms with Crippen molar-refractivity contribution in [2.75, 3.05) is 0 Å². The number of hydrogen-bond donors (Lipinski definition) is 0. The third-order valence-corrected chi connectivity index (χ3v) is 2.44. The predicted octanol–water partition coefficient (Wildman–Crippen LogP) is 3.24. The van der Waals surface area contributed by atoms with Crippen LogP contribution < -0.4 is 0 Å². The Kier molecular flexibility index (Phi) is 3.25. The standard InChI is InChI=1S/C13H13FN2/c1-2-5-10-8-15-9-16-13(10)11-6-3-4-7-12(11)14/h3-4,6-9H,2,5H2,1H3. The van der Waals surface area contributed by atoms with Crippen LogP contribution in [0.5, 0.6) is 0 Å². The summed E-state index contributed by atoms with van der Waals surface area (Å²) in [5, 5.41) is 0. The molecule has 16 heavy (non-hydrogen) atoms. The fourth-order valence-electron chi connectivity index (χ4n) is 1.71. The van der Waals surface area contributed by atoms with Gasteiger partial charge in [0, 0.05) is 11.8 Å². The van der Waals surface area contributed by atoms with Gasteiger partial charge in [-0.2, -0.15) is 0 Å². The Bertz CT molecular complexity index is 483. The van der Waals surface area contributed by atoms with Gasteiger partial charge in [0.25, 0.3) is 0 Å². The van der Waals surface area contributed by atoms with E-state index in [0.717, 1.165) is 18.4 Å². The SMILES string of the molecule is CCCc1cncnc1-c1ccccc1F. The molecule has 0 amide bonds. The first-order valence-corrected chi connectivity index (χ1v) is 5.36. The molecule has 0 fully saturated rings. The highest BCUT2D eigenvalue weighted by molar-refractivity contribution is 5.63. The van der Waals surface area contributed by atoms with Crippen molar-refractivity contribution in [3.05, 3.63) is 48.2 Å². The Balaban J connectivity index is 2.51. The average molecular weight is 216 g/mol. The third kappa shape index (κ3) is 2.08. The molecule has 0 bridgehead atoms. The van der Waals surface area contributed by atoms with E-state index >= 15 is 0 Å². The van der Waals surface area contributed by atoms with Crippen molar-refractivity contribution < 1.29 is 4.39 Å². The lowest BCUT2D eigenvalue weighted by Crippen LogP contribution is -1.96. The van der Waals surface area contributed by atoms with Gasteiger partial charge in [0.05, 0.1) is 5.69 Å². The van der Waals surface area contributed by atoms with Crippen LogP contribution in [-0.2, 0) is 6.42 Å². The quantitative estimate of drug-likeness (QED) is 0.787. The van der Waals surface area contributed by atoms with Crippen LogP contribution in [0, 0.1) is 5.82 Å². The van der Waals surface area contributed by atoms with Crippen molar-refractivity contribution in [3.8, 4) is 11.3 Å². The molecule has 0 aliphatic rings. The summed E-state index contributed by atoms with van der Waals surface area (Å²) in [7, 11) is 0. The van der Waals surface area contributed by atoms with E-state index < -0.39 is 0 Å². The smallest absolute Gasteiger partial charge is 0.132 e. The van der Waals surface area contributed by atoms with Crippen molar-refractivity contribution >= 4 is 0 Å². The van der Waals surface area contributed by atoms with E-state index in [2.05, 4.69) is 16.9 Å². The molecule has 2 nitrogen and oxygen atoms in total. The molecule has 2 aromatic rings.